The molecule has 1 aromatic carbocycles. The molecule has 0 aliphatic rings. The lowest BCUT2D eigenvalue weighted by Gasteiger charge is -2.06. The van der Waals surface area contributed by atoms with Gasteiger partial charge in [-0.3, -0.25) is 4.79 Å². The zero-order chi connectivity index (χ0) is 14.7. The van der Waals surface area contributed by atoms with Crippen molar-refractivity contribution in [2.75, 3.05) is 5.32 Å². The number of aromatic carboxylic acids is 1. The molecular formula is C13H8BrFN2O3. The minimum absolute atomic E-state index is 0.116. The number of benzene rings is 1. The van der Waals surface area contributed by atoms with Gasteiger partial charge in [0.25, 0.3) is 5.91 Å². The third-order valence-electron chi connectivity index (χ3n) is 2.36. The minimum Gasteiger partial charge on any atom is -0.477 e. The number of nitrogens with one attached hydrogen (secondary N) is 1. The van der Waals surface area contributed by atoms with Gasteiger partial charge in [0.2, 0.25) is 0 Å². The maximum atomic E-state index is 13.2. The molecule has 0 saturated carbocycles. The first kappa shape index (κ1) is 14.1. The molecule has 0 bridgehead atoms. The van der Waals surface area contributed by atoms with Crippen LogP contribution in [0.5, 0.6) is 0 Å². The first-order valence-corrected chi connectivity index (χ1v) is 6.22. The molecule has 2 rings (SSSR count). The van der Waals surface area contributed by atoms with Crippen LogP contribution in [-0.2, 0) is 0 Å². The Bertz CT molecular complexity index is 671. The Hall–Kier alpha value is -2.28. The van der Waals surface area contributed by atoms with Crippen molar-refractivity contribution < 1.29 is 19.1 Å². The number of hydrogen-bond acceptors (Lipinski definition) is 3. The summed E-state index contributed by atoms with van der Waals surface area (Å²) in [6.45, 7) is 0. The summed E-state index contributed by atoms with van der Waals surface area (Å²) in [6, 6.07) is 6.43. The molecule has 0 aliphatic heterocycles. The molecule has 0 unspecified atom stereocenters. The number of pyridine rings is 1. The van der Waals surface area contributed by atoms with Crippen molar-refractivity contribution in [2.24, 2.45) is 0 Å². The number of carbonyl (C=O) groups is 2. The molecule has 2 N–H and O–H groups in total. The van der Waals surface area contributed by atoms with E-state index in [1.54, 1.807) is 0 Å². The molecule has 0 radical (unpaired) electrons. The van der Waals surface area contributed by atoms with Crippen LogP contribution in [-0.4, -0.2) is 22.0 Å². The summed E-state index contributed by atoms with van der Waals surface area (Å²) in [5.74, 6) is -2.30. The van der Waals surface area contributed by atoms with E-state index in [1.165, 1.54) is 30.5 Å². The van der Waals surface area contributed by atoms with Gasteiger partial charge in [0.05, 0.1) is 0 Å². The lowest BCUT2D eigenvalue weighted by Crippen LogP contribution is -2.13. The van der Waals surface area contributed by atoms with Crippen molar-refractivity contribution in [3.8, 4) is 0 Å². The Labute approximate surface area is 121 Å². The summed E-state index contributed by atoms with van der Waals surface area (Å²) in [4.78, 5) is 26.3. The smallest absolute Gasteiger partial charge is 0.354 e. The summed E-state index contributed by atoms with van der Waals surface area (Å²) in [7, 11) is 0. The molecule has 7 heteroatoms. The van der Waals surface area contributed by atoms with Gasteiger partial charge in [0.15, 0.2) is 0 Å². The lowest BCUT2D eigenvalue weighted by atomic mass is 10.2. The number of amides is 1. The second-order valence-corrected chi connectivity index (χ2v) is 4.76. The highest BCUT2D eigenvalue weighted by Gasteiger charge is 2.11. The molecule has 5 nitrogen and oxygen atoms in total. The van der Waals surface area contributed by atoms with E-state index < -0.39 is 17.7 Å². The second kappa shape index (κ2) is 5.79. The predicted molar refractivity (Wildman–Crippen MR) is 73.2 cm³/mol. The lowest BCUT2D eigenvalue weighted by molar-refractivity contribution is 0.0690. The summed E-state index contributed by atoms with van der Waals surface area (Å²) in [6.07, 6.45) is 1.26. The highest BCUT2D eigenvalue weighted by Crippen LogP contribution is 2.16. The number of anilines is 1. The molecule has 0 spiro atoms. The minimum atomic E-state index is -1.20. The first-order chi connectivity index (χ1) is 9.45. The van der Waals surface area contributed by atoms with Crippen LogP contribution in [0.3, 0.4) is 0 Å². The number of halogens is 2. The molecule has 0 aliphatic carbocycles. The van der Waals surface area contributed by atoms with Gasteiger partial charge in [-0.1, -0.05) is 15.9 Å². The van der Waals surface area contributed by atoms with E-state index in [9.17, 15) is 14.0 Å². The first-order valence-electron chi connectivity index (χ1n) is 5.42. The molecule has 0 fully saturated rings. The molecular weight excluding hydrogens is 331 g/mol. The molecule has 0 saturated heterocycles. The highest BCUT2D eigenvalue weighted by atomic mass is 79.9. The molecule has 1 heterocycles. The summed E-state index contributed by atoms with van der Waals surface area (Å²) < 4.78 is 13.6. The second-order valence-electron chi connectivity index (χ2n) is 3.85. The Morgan fingerprint density at radius 2 is 2.00 bits per heavy atom. The largest absolute Gasteiger partial charge is 0.477 e. The van der Waals surface area contributed by atoms with Gasteiger partial charge in [-0.2, -0.15) is 0 Å². The topological polar surface area (TPSA) is 79.3 Å². The van der Waals surface area contributed by atoms with Crippen LogP contribution in [0.25, 0.3) is 0 Å². The number of nitrogens with zero attached hydrogens (tertiary/aromatic N) is 1. The van der Waals surface area contributed by atoms with Gasteiger partial charge in [-0.15, -0.1) is 0 Å². The Morgan fingerprint density at radius 3 is 2.65 bits per heavy atom. The summed E-state index contributed by atoms with van der Waals surface area (Å²) in [5, 5.41) is 11.3. The van der Waals surface area contributed by atoms with Crippen LogP contribution in [0.1, 0.15) is 20.8 Å². The van der Waals surface area contributed by atoms with E-state index in [0.717, 1.165) is 6.07 Å². The maximum Gasteiger partial charge on any atom is 0.354 e. The number of carboxylic acid groups (broad SMARTS) is 1. The number of carboxylic acids is 1. The Morgan fingerprint density at radius 1 is 1.25 bits per heavy atom. The predicted octanol–water partition coefficient (Wildman–Crippen LogP) is 2.93. The van der Waals surface area contributed by atoms with Crippen LogP contribution in [0.15, 0.2) is 41.0 Å². The van der Waals surface area contributed by atoms with Gasteiger partial charge in [0.1, 0.15) is 11.5 Å². The van der Waals surface area contributed by atoms with Crippen LogP contribution in [0.4, 0.5) is 10.1 Å². The molecule has 20 heavy (non-hydrogen) atoms. The Kier molecular flexibility index (Phi) is 4.09. The fraction of sp³-hybridized carbons (Fsp3) is 0. The average Bonchev–Trinajstić information content (AvgIpc) is 2.37. The zero-order valence-electron chi connectivity index (χ0n) is 9.93. The van der Waals surface area contributed by atoms with Crippen LogP contribution in [0.2, 0.25) is 0 Å². The van der Waals surface area contributed by atoms with Gasteiger partial charge in [0, 0.05) is 21.9 Å². The normalized spacial score (nSPS) is 10.1. The zero-order valence-corrected chi connectivity index (χ0v) is 11.5. The quantitative estimate of drug-likeness (QED) is 0.901. The third-order valence-corrected chi connectivity index (χ3v) is 2.82. The van der Waals surface area contributed by atoms with Gasteiger partial charge >= 0.3 is 5.97 Å². The molecule has 102 valence electrons. The summed E-state index contributed by atoms with van der Waals surface area (Å²) >= 11 is 3.09. The van der Waals surface area contributed by atoms with E-state index in [-0.39, 0.29) is 16.9 Å². The van der Waals surface area contributed by atoms with Crippen LogP contribution < -0.4 is 5.32 Å². The van der Waals surface area contributed by atoms with E-state index >= 15 is 0 Å². The standard InChI is InChI=1S/C13H8BrFN2O3/c14-8-3-7(4-9(15)5-8)12(18)17-10-1-2-16-11(6-10)13(19)20/h1-6H,(H,19,20)(H,16,17,18). The van der Waals surface area contributed by atoms with Gasteiger partial charge < -0.3 is 10.4 Å². The maximum absolute atomic E-state index is 13.2. The number of aromatic nitrogens is 1. The van der Waals surface area contributed by atoms with Crippen molar-refractivity contribution in [3.63, 3.8) is 0 Å². The summed E-state index contributed by atoms with van der Waals surface area (Å²) in [5.41, 5.74) is 0.191. The van der Waals surface area contributed by atoms with E-state index in [2.05, 4.69) is 26.2 Å². The van der Waals surface area contributed by atoms with Gasteiger partial charge in [-0.25, -0.2) is 14.2 Å². The van der Waals surface area contributed by atoms with E-state index in [0.29, 0.717) is 4.47 Å². The molecule has 0 atom stereocenters. The van der Waals surface area contributed by atoms with E-state index in [4.69, 9.17) is 5.11 Å². The van der Waals surface area contributed by atoms with E-state index in [1.807, 2.05) is 0 Å². The average molecular weight is 339 g/mol. The van der Waals surface area contributed by atoms with Crippen molar-refractivity contribution in [1.29, 1.82) is 0 Å². The van der Waals surface area contributed by atoms with Crippen molar-refractivity contribution in [3.05, 3.63) is 58.1 Å². The molecule has 1 amide bonds. The number of hydrogen-bond donors (Lipinski definition) is 2. The van der Waals surface area contributed by atoms with Crippen LogP contribution in [0, 0.1) is 5.82 Å². The highest BCUT2D eigenvalue weighted by molar-refractivity contribution is 9.10. The molecule has 2 aromatic rings. The fourth-order valence-electron chi connectivity index (χ4n) is 1.51. The van der Waals surface area contributed by atoms with Crippen molar-refractivity contribution in [1.82, 2.24) is 4.98 Å². The monoisotopic (exact) mass is 338 g/mol. The molecule has 1 aromatic heterocycles. The Balaban J connectivity index is 2.23. The van der Waals surface area contributed by atoms with Crippen molar-refractivity contribution in [2.45, 2.75) is 0 Å². The number of rotatable bonds is 3. The van der Waals surface area contributed by atoms with Gasteiger partial charge in [-0.05, 0) is 30.3 Å². The SMILES string of the molecule is O=C(Nc1ccnc(C(=O)O)c1)c1cc(F)cc(Br)c1. The van der Waals surface area contributed by atoms with Crippen molar-refractivity contribution >= 4 is 33.5 Å². The number of carbonyl (C=O) groups excluding carboxylic acids is 1. The van der Waals surface area contributed by atoms with Crippen LogP contribution >= 0.6 is 15.9 Å². The fourth-order valence-corrected chi connectivity index (χ4v) is 1.98. The third kappa shape index (κ3) is 3.39.